The number of aromatic nitrogens is 2. The third-order valence-corrected chi connectivity index (χ3v) is 3.84. The van der Waals surface area contributed by atoms with Crippen LogP contribution in [0.4, 0.5) is 5.82 Å². The third-order valence-electron chi connectivity index (χ3n) is 3.11. The molecule has 1 fully saturated rings. The molecular weight excluding hydrogens is 248 g/mol. The van der Waals surface area contributed by atoms with Crippen LogP contribution in [0, 0.1) is 0 Å². The van der Waals surface area contributed by atoms with Crippen LogP contribution in [-0.2, 0) is 4.79 Å². The molecule has 0 N–H and O–H groups in total. The van der Waals surface area contributed by atoms with E-state index in [2.05, 4.69) is 14.9 Å². The highest BCUT2D eigenvalue weighted by molar-refractivity contribution is 7.98. The average molecular weight is 266 g/mol. The molecule has 1 amide bonds. The molecule has 2 rings (SSSR count). The van der Waals surface area contributed by atoms with Crippen molar-refractivity contribution >= 4 is 23.5 Å². The minimum absolute atomic E-state index is 0.238. The van der Waals surface area contributed by atoms with Gasteiger partial charge in [-0.3, -0.25) is 4.79 Å². The molecule has 0 bridgehead atoms. The van der Waals surface area contributed by atoms with Gasteiger partial charge in [0.05, 0.1) is 4.90 Å². The van der Waals surface area contributed by atoms with Crippen LogP contribution in [-0.4, -0.2) is 53.2 Å². The molecule has 1 aliphatic rings. The average Bonchev–Trinajstić information content (AvgIpc) is 2.46. The monoisotopic (exact) mass is 266 g/mol. The Hall–Kier alpha value is -1.30. The van der Waals surface area contributed by atoms with Crippen LogP contribution < -0.4 is 4.90 Å². The molecule has 1 aromatic rings. The van der Waals surface area contributed by atoms with E-state index >= 15 is 0 Å². The molecule has 18 heavy (non-hydrogen) atoms. The summed E-state index contributed by atoms with van der Waals surface area (Å²) in [7, 11) is 0. The van der Waals surface area contributed by atoms with Gasteiger partial charge in [-0.1, -0.05) is 6.92 Å². The lowest BCUT2D eigenvalue weighted by atomic mass is 10.3. The predicted molar refractivity (Wildman–Crippen MR) is 72.9 cm³/mol. The quantitative estimate of drug-likeness (QED) is 0.771. The lowest BCUT2D eigenvalue weighted by Crippen LogP contribution is -2.49. The summed E-state index contributed by atoms with van der Waals surface area (Å²) in [5.41, 5.74) is 0. The van der Waals surface area contributed by atoms with Gasteiger partial charge in [0.25, 0.3) is 0 Å². The molecule has 0 atom stereocenters. The van der Waals surface area contributed by atoms with E-state index in [1.54, 1.807) is 18.1 Å². The molecule has 0 radical (unpaired) electrons. The molecule has 1 aliphatic heterocycles. The molecule has 6 heteroatoms. The summed E-state index contributed by atoms with van der Waals surface area (Å²) in [6, 6.07) is 0. The SMILES string of the molecule is CCC(=O)N1CCN(c2ncncc2SC)CC1. The molecule has 5 nitrogen and oxygen atoms in total. The number of carbonyl (C=O) groups excluding carboxylic acids is 1. The third kappa shape index (κ3) is 2.75. The maximum atomic E-state index is 11.6. The van der Waals surface area contributed by atoms with Gasteiger partial charge in [0.15, 0.2) is 0 Å². The summed E-state index contributed by atoms with van der Waals surface area (Å²) in [5, 5.41) is 0. The topological polar surface area (TPSA) is 49.3 Å². The van der Waals surface area contributed by atoms with E-state index in [0.29, 0.717) is 6.42 Å². The fourth-order valence-electron chi connectivity index (χ4n) is 2.08. The van der Waals surface area contributed by atoms with Crippen LogP contribution in [0.3, 0.4) is 0 Å². The van der Waals surface area contributed by atoms with Gasteiger partial charge in [0, 0.05) is 38.8 Å². The van der Waals surface area contributed by atoms with Crippen molar-refractivity contribution in [2.45, 2.75) is 18.2 Å². The summed E-state index contributed by atoms with van der Waals surface area (Å²) >= 11 is 1.65. The number of carbonyl (C=O) groups is 1. The molecule has 0 spiro atoms. The van der Waals surface area contributed by atoms with E-state index in [-0.39, 0.29) is 5.91 Å². The second-order valence-corrected chi connectivity index (χ2v) is 4.98. The van der Waals surface area contributed by atoms with E-state index in [1.165, 1.54) is 0 Å². The van der Waals surface area contributed by atoms with Gasteiger partial charge >= 0.3 is 0 Å². The van der Waals surface area contributed by atoms with Crippen LogP contribution >= 0.6 is 11.8 Å². The van der Waals surface area contributed by atoms with E-state index in [0.717, 1.165) is 36.9 Å². The Balaban J connectivity index is 2.03. The Morgan fingerprint density at radius 3 is 2.72 bits per heavy atom. The Kier molecular flexibility index (Phi) is 4.41. The lowest BCUT2D eigenvalue weighted by molar-refractivity contribution is -0.131. The fraction of sp³-hybridized carbons (Fsp3) is 0.583. The van der Waals surface area contributed by atoms with Crippen molar-refractivity contribution in [3.63, 3.8) is 0 Å². The Morgan fingerprint density at radius 1 is 1.39 bits per heavy atom. The number of nitrogens with zero attached hydrogens (tertiary/aromatic N) is 4. The number of hydrogen-bond acceptors (Lipinski definition) is 5. The Morgan fingerprint density at radius 2 is 2.11 bits per heavy atom. The highest BCUT2D eigenvalue weighted by Crippen LogP contribution is 2.25. The molecule has 0 saturated carbocycles. The molecule has 0 aromatic carbocycles. The lowest BCUT2D eigenvalue weighted by Gasteiger charge is -2.35. The number of anilines is 1. The Labute approximate surface area is 112 Å². The first-order valence-electron chi connectivity index (χ1n) is 6.13. The zero-order chi connectivity index (χ0) is 13.0. The Bertz CT molecular complexity index is 418. The van der Waals surface area contributed by atoms with Crippen molar-refractivity contribution in [1.29, 1.82) is 0 Å². The first kappa shape index (κ1) is 13.1. The molecule has 1 aromatic heterocycles. The molecule has 98 valence electrons. The number of thioether (sulfide) groups is 1. The molecule has 1 saturated heterocycles. The molecule has 0 aliphatic carbocycles. The summed E-state index contributed by atoms with van der Waals surface area (Å²) < 4.78 is 0. The smallest absolute Gasteiger partial charge is 0.222 e. The van der Waals surface area contributed by atoms with Crippen LogP contribution in [0.25, 0.3) is 0 Å². The fourth-order valence-corrected chi connectivity index (χ4v) is 2.61. The zero-order valence-corrected chi connectivity index (χ0v) is 11.6. The van der Waals surface area contributed by atoms with Crippen LogP contribution in [0.15, 0.2) is 17.4 Å². The zero-order valence-electron chi connectivity index (χ0n) is 10.8. The largest absolute Gasteiger partial charge is 0.352 e. The second-order valence-electron chi connectivity index (χ2n) is 4.14. The van der Waals surface area contributed by atoms with Gasteiger partial charge in [0.2, 0.25) is 5.91 Å². The van der Waals surface area contributed by atoms with Gasteiger partial charge < -0.3 is 9.80 Å². The van der Waals surface area contributed by atoms with Gasteiger partial charge in [-0.05, 0) is 6.26 Å². The summed E-state index contributed by atoms with van der Waals surface area (Å²) in [4.78, 5) is 25.3. The van der Waals surface area contributed by atoms with Crippen molar-refractivity contribution in [2.75, 3.05) is 37.3 Å². The van der Waals surface area contributed by atoms with Gasteiger partial charge in [-0.25, -0.2) is 9.97 Å². The normalized spacial score (nSPS) is 15.9. The number of amides is 1. The van der Waals surface area contributed by atoms with Crippen LogP contribution in [0.1, 0.15) is 13.3 Å². The summed E-state index contributed by atoms with van der Waals surface area (Å²) in [5.74, 6) is 1.23. The van der Waals surface area contributed by atoms with Crippen LogP contribution in [0.2, 0.25) is 0 Å². The first-order valence-corrected chi connectivity index (χ1v) is 7.35. The van der Waals surface area contributed by atoms with E-state index in [9.17, 15) is 4.79 Å². The van der Waals surface area contributed by atoms with Gasteiger partial charge in [-0.2, -0.15) is 0 Å². The minimum Gasteiger partial charge on any atom is -0.352 e. The first-order chi connectivity index (χ1) is 8.76. The maximum Gasteiger partial charge on any atom is 0.222 e. The standard InChI is InChI=1S/C12H18N4OS/c1-3-11(17)15-4-6-16(7-5-15)12-10(18-2)8-13-9-14-12/h8-9H,3-7H2,1-2H3. The highest BCUT2D eigenvalue weighted by Gasteiger charge is 2.22. The van der Waals surface area contributed by atoms with E-state index in [1.807, 2.05) is 24.3 Å². The van der Waals surface area contributed by atoms with Gasteiger partial charge in [0.1, 0.15) is 12.1 Å². The number of hydrogen-bond donors (Lipinski definition) is 0. The number of piperazine rings is 1. The van der Waals surface area contributed by atoms with Crippen molar-refractivity contribution in [3.05, 3.63) is 12.5 Å². The van der Waals surface area contributed by atoms with Crippen molar-refractivity contribution in [3.8, 4) is 0 Å². The van der Waals surface area contributed by atoms with Crippen molar-refractivity contribution in [2.24, 2.45) is 0 Å². The van der Waals surface area contributed by atoms with E-state index < -0.39 is 0 Å². The molecule has 2 heterocycles. The molecular formula is C12H18N4OS. The second kappa shape index (κ2) is 6.04. The highest BCUT2D eigenvalue weighted by atomic mass is 32.2. The van der Waals surface area contributed by atoms with Crippen molar-refractivity contribution in [1.82, 2.24) is 14.9 Å². The minimum atomic E-state index is 0.238. The van der Waals surface area contributed by atoms with Crippen molar-refractivity contribution < 1.29 is 4.79 Å². The van der Waals surface area contributed by atoms with Crippen LogP contribution in [0.5, 0.6) is 0 Å². The maximum absolute atomic E-state index is 11.6. The number of rotatable bonds is 3. The predicted octanol–water partition coefficient (Wildman–Crippen LogP) is 1.26. The van der Waals surface area contributed by atoms with Gasteiger partial charge in [-0.15, -0.1) is 11.8 Å². The summed E-state index contributed by atoms with van der Waals surface area (Å²) in [6.07, 6.45) is 6.04. The summed E-state index contributed by atoms with van der Waals surface area (Å²) in [6.45, 7) is 5.16. The molecule has 0 unspecified atom stereocenters. The van der Waals surface area contributed by atoms with E-state index in [4.69, 9.17) is 0 Å².